The average Bonchev–Trinajstić information content (AvgIpc) is 3.07. The van der Waals surface area contributed by atoms with Gasteiger partial charge in [-0.2, -0.15) is 4.31 Å². The minimum Gasteiger partial charge on any atom is -0.495 e. The summed E-state index contributed by atoms with van der Waals surface area (Å²) in [7, 11) is -2.25. The van der Waals surface area contributed by atoms with Gasteiger partial charge >= 0.3 is 0 Å². The van der Waals surface area contributed by atoms with E-state index in [1.54, 1.807) is 16.4 Å². The summed E-state index contributed by atoms with van der Waals surface area (Å²) in [5, 5.41) is 0. The van der Waals surface area contributed by atoms with E-state index in [0.717, 1.165) is 51.7 Å². The second-order valence-corrected chi connectivity index (χ2v) is 12.0. The SMILES string of the molecule is COc1ccc(C(=O)N2CCN(CCC(C)(C)C)CC2)cc1S(=O)(=O)N1CCCCCC1. The highest BCUT2D eigenvalue weighted by Crippen LogP contribution is 2.30. The fourth-order valence-corrected chi connectivity index (χ4v) is 5.98. The number of ether oxygens (including phenoxy) is 1. The van der Waals surface area contributed by atoms with Gasteiger partial charge < -0.3 is 9.64 Å². The lowest BCUT2D eigenvalue weighted by Crippen LogP contribution is -2.49. The normalized spacial score (nSPS) is 19.6. The quantitative estimate of drug-likeness (QED) is 0.644. The number of benzene rings is 1. The van der Waals surface area contributed by atoms with Gasteiger partial charge in [0.25, 0.3) is 5.91 Å². The molecule has 0 unspecified atom stereocenters. The first-order chi connectivity index (χ1) is 15.1. The van der Waals surface area contributed by atoms with Crippen molar-refractivity contribution in [2.45, 2.75) is 57.8 Å². The number of rotatable bonds is 6. The van der Waals surface area contributed by atoms with Crippen molar-refractivity contribution in [2.75, 3.05) is 52.9 Å². The minimum absolute atomic E-state index is 0.0940. The number of piperazine rings is 1. The lowest BCUT2D eigenvalue weighted by atomic mass is 9.92. The van der Waals surface area contributed by atoms with Crippen molar-refractivity contribution in [3.63, 3.8) is 0 Å². The van der Waals surface area contributed by atoms with E-state index in [1.807, 2.05) is 4.90 Å². The second kappa shape index (κ2) is 10.5. The van der Waals surface area contributed by atoms with Crippen molar-refractivity contribution < 1.29 is 17.9 Å². The van der Waals surface area contributed by atoms with Gasteiger partial charge in [0, 0.05) is 44.8 Å². The molecule has 0 aromatic heterocycles. The molecule has 180 valence electrons. The zero-order valence-corrected chi connectivity index (χ0v) is 20.9. The zero-order valence-electron chi connectivity index (χ0n) is 20.1. The molecule has 32 heavy (non-hydrogen) atoms. The number of carbonyl (C=O) groups excluding carboxylic acids is 1. The summed E-state index contributed by atoms with van der Waals surface area (Å²) in [6.07, 6.45) is 4.93. The lowest BCUT2D eigenvalue weighted by Gasteiger charge is -2.36. The Labute approximate surface area is 193 Å². The average molecular weight is 466 g/mol. The van der Waals surface area contributed by atoms with Crippen LogP contribution in [0.25, 0.3) is 0 Å². The molecule has 3 rings (SSSR count). The van der Waals surface area contributed by atoms with Crippen LogP contribution < -0.4 is 4.74 Å². The van der Waals surface area contributed by atoms with E-state index in [1.165, 1.54) is 13.2 Å². The molecule has 0 atom stereocenters. The van der Waals surface area contributed by atoms with Crippen LogP contribution in [0.2, 0.25) is 0 Å². The molecule has 2 aliphatic heterocycles. The molecule has 7 nitrogen and oxygen atoms in total. The summed E-state index contributed by atoms with van der Waals surface area (Å²) in [4.78, 5) is 17.5. The van der Waals surface area contributed by atoms with Crippen molar-refractivity contribution in [2.24, 2.45) is 5.41 Å². The van der Waals surface area contributed by atoms with Gasteiger partial charge in [0.15, 0.2) is 0 Å². The molecule has 2 saturated heterocycles. The van der Waals surface area contributed by atoms with E-state index in [0.29, 0.717) is 37.2 Å². The standard InChI is InChI=1S/C24H39N3O4S/c1-24(2,3)11-14-25-15-17-26(18-16-25)23(28)20-9-10-21(31-4)22(19-20)32(29,30)27-12-7-5-6-8-13-27/h9-10,19H,5-8,11-18H2,1-4H3. The van der Waals surface area contributed by atoms with Gasteiger partial charge in [0.05, 0.1) is 7.11 Å². The third kappa shape index (κ3) is 6.23. The highest BCUT2D eigenvalue weighted by atomic mass is 32.2. The van der Waals surface area contributed by atoms with Gasteiger partial charge in [-0.25, -0.2) is 8.42 Å². The molecule has 1 aromatic rings. The number of carbonyl (C=O) groups is 1. The second-order valence-electron chi connectivity index (χ2n) is 10.1. The summed E-state index contributed by atoms with van der Waals surface area (Å²) in [6.45, 7) is 11.8. The first-order valence-electron chi connectivity index (χ1n) is 11.8. The van der Waals surface area contributed by atoms with Gasteiger partial charge in [-0.1, -0.05) is 33.6 Å². The van der Waals surface area contributed by atoms with Crippen molar-refractivity contribution in [3.05, 3.63) is 23.8 Å². The Bertz CT molecular complexity index is 879. The number of methoxy groups -OCH3 is 1. The predicted molar refractivity (Wildman–Crippen MR) is 127 cm³/mol. The molecule has 2 fully saturated rings. The van der Waals surface area contributed by atoms with E-state index >= 15 is 0 Å². The smallest absolute Gasteiger partial charge is 0.253 e. The summed E-state index contributed by atoms with van der Waals surface area (Å²) >= 11 is 0. The molecule has 0 bridgehead atoms. The fraction of sp³-hybridized carbons (Fsp3) is 0.708. The third-order valence-corrected chi connectivity index (χ3v) is 8.35. The fourth-order valence-electron chi connectivity index (χ4n) is 4.28. The van der Waals surface area contributed by atoms with Crippen LogP contribution >= 0.6 is 0 Å². The first kappa shape index (κ1) is 25.0. The summed E-state index contributed by atoms with van der Waals surface area (Å²) in [5.41, 5.74) is 0.702. The van der Waals surface area contributed by atoms with Crippen LogP contribution in [0.1, 0.15) is 63.2 Å². The minimum atomic E-state index is -3.72. The Hall–Kier alpha value is -1.64. The molecule has 1 aromatic carbocycles. The third-order valence-electron chi connectivity index (χ3n) is 6.43. The predicted octanol–water partition coefficient (Wildman–Crippen LogP) is 3.45. The summed E-state index contributed by atoms with van der Waals surface area (Å²) in [5.74, 6) is 0.174. The number of hydrogen-bond donors (Lipinski definition) is 0. The van der Waals surface area contributed by atoms with Gasteiger partial charge in [0.2, 0.25) is 10.0 Å². The van der Waals surface area contributed by atoms with E-state index in [9.17, 15) is 13.2 Å². The van der Waals surface area contributed by atoms with Crippen LogP contribution in [0.4, 0.5) is 0 Å². The highest BCUT2D eigenvalue weighted by molar-refractivity contribution is 7.89. The summed E-state index contributed by atoms with van der Waals surface area (Å²) in [6, 6.07) is 4.79. The lowest BCUT2D eigenvalue weighted by molar-refractivity contribution is 0.0623. The van der Waals surface area contributed by atoms with Crippen molar-refractivity contribution >= 4 is 15.9 Å². The topological polar surface area (TPSA) is 70.2 Å². The van der Waals surface area contributed by atoms with Crippen molar-refractivity contribution in [3.8, 4) is 5.75 Å². The van der Waals surface area contributed by atoms with Crippen LogP contribution in [0.5, 0.6) is 5.75 Å². The number of amides is 1. The molecule has 2 aliphatic rings. The number of sulfonamides is 1. The van der Waals surface area contributed by atoms with Crippen LogP contribution in [-0.2, 0) is 10.0 Å². The van der Waals surface area contributed by atoms with Crippen molar-refractivity contribution in [1.29, 1.82) is 0 Å². The molecule has 0 spiro atoms. The number of hydrogen-bond acceptors (Lipinski definition) is 5. The zero-order chi connectivity index (χ0) is 23.4. The highest BCUT2D eigenvalue weighted by Gasteiger charge is 2.30. The maximum atomic E-state index is 13.4. The molecule has 1 amide bonds. The summed E-state index contributed by atoms with van der Waals surface area (Å²) < 4.78 is 33.7. The Morgan fingerprint density at radius 2 is 1.59 bits per heavy atom. The molecular weight excluding hydrogens is 426 g/mol. The van der Waals surface area contributed by atoms with E-state index in [2.05, 4.69) is 25.7 Å². The van der Waals surface area contributed by atoms with Crippen LogP contribution in [0.3, 0.4) is 0 Å². The molecule has 0 radical (unpaired) electrons. The molecule has 0 N–H and O–H groups in total. The van der Waals surface area contributed by atoms with E-state index in [4.69, 9.17) is 4.74 Å². The molecular formula is C24H39N3O4S. The molecule has 0 aliphatic carbocycles. The van der Waals surface area contributed by atoms with E-state index < -0.39 is 10.0 Å². The maximum Gasteiger partial charge on any atom is 0.253 e. The van der Waals surface area contributed by atoms with Crippen LogP contribution in [-0.4, -0.2) is 81.4 Å². The van der Waals surface area contributed by atoms with Crippen LogP contribution in [0.15, 0.2) is 23.1 Å². The first-order valence-corrected chi connectivity index (χ1v) is 13.3. The van der Waals surface area contributed by atoms with E-state index in [-0.39, 0.29) is 16.6 Å². The molecule has 2 heterocycles. The largest absolute Gasteiger partial charge is 0.495 e. The van der Waals surface area contributed by atoms with Gasteiger partial charge in [0.1, 0.15) is 10.6 Å². The maximum absolute atomic E-state index is 13.4. The Morgan fingerprint density at radius 1 is 0.969 bits per heavy atom. The monoisotopic (exact) mass is 465 g/mol. The Balaban J connectivity index is 1.73. The number of nitrogens with zero attached hydrogens (tertiary/aromatic N) is 3. The van der Waals surface area contributed by atoms with Crippen molar-refractivity contribution in [1.82, 2.24) is 14.1 Å². The Kier molecular flexibility index (Phi) is 8.22. The molecule has 8 heteroatoms. The van der Waals surface area contributed by atoms with Crippen LogP contribution in [0, 0.1) is 5.41 Å². The van der Waals surface area contributed by atoms with Gasteiger partial charge in [-0.3, -0.25) is 9.69 Å². The molecule has 0 saturated carbocycles. The van der Waals surface area contributed by atoms with Gasteiger partial charge in [-0.15, -0.1) is 0 Å². The van der Waals surface area contributed by atoms with Gasteiger partial charge in [-0.05, 0) is 49.4 Å². The Morgan fingerprint density at radius 3 is 2.16 bits per heavy atom.